The summed E-state index contributed by atoms with van der Waals surface area (Å²) in [6.45, 7) is 13.3. The van der Waals surface area contributed by atoms with Crippen molar-refractivity contribution in [3.05, 3.63) is 17.0 Å². The van der Waals surface area contributed by atoms with E-state index in [1.807, 2.05) is 13.8 Å². The number of guanidine groups is 1. The molecular formula is C20H37IN4O3. The van der Waals surface area contributed by atoms with Crippen LogP contribution in [0.4, 0.5) is 0 Å². The third kappa shape index (κ3) is 7.51. The van der Waals surface area contributed by atoms with Gasteiger partial charge >= 0.3 is 0 Å². The van der Waals surface area contributed by atoms with E-state index in [-0.39, 0.29) is 29.9 Å². The van der Waals surface area contributed by atoms with Crippen molar-refractivity contribution in [2.75, 3.05) is 46.5 Å². The van der Waals surface area contributed by atoms with E-state index in [4.69, 9.17) is 19.0 Å². The second kappa shape index (κ2) is 13.4. The van der Waals surface area contributed by atoms with E-state index in [0.29, 0.717) is 6.10 Å². The third-order valence-corrected chi connectivity index (χ3v) is 5.02. The molecule has 1 aromatic rings. The van der Waals surface area contributed by atoms with Crippen molar-refractivity contribution in [2.45, 2.75) is 59.0 Å². The molecule has 1 N–H and O–H groups in total. The van der Waals surface area contributed by atoms with Crippen LogP contribution in [-0.4, -0.2) is 68.6 Å². The number of halogens is 1. The average molecular weight is 508 g/mol. The molecule has 1 aromatic heterocycles. The van der Waals surface area contributed by atoms with Gasteiger partial charge in [-0.2, -0.15) is 0 Å². The predicted octanol–water partition coefficient (Wildman–Crippen LogP) is 3.50. The van der Waals surface area contributed by atoms with Gasteiger partial charge in [-0.1, -0.05) is 12.1 Å². The molecule has 1 aliphatic heterocycles. The Morgan fingerprint density at radius 3 is 2.61 bits per heavy atom. The molecule has 1 fully saturated rings. The molecule has 1 saturated heterocycles. The molecule has 0 radical (unpaired) electrons. The van der Waals surface area contributed by atoms with Gasteiger partial charge in [-0.15, -0.1) is 24.0 Å². The van der Waals surface area contributed by atoms with Gasteiger partial charge in [-0.25, -0.2) is 0 Å². The standard InChI is InChI=1S/C20H36N4O3.HI/c1-6-21-20(22-14-15(2)19-16(3)23-27-17(19)4)24-10-8-18(9-11-24)26-13-7-12-25-5;/h15,18H,6-14H2,1-5H3,(H,21,22);1H. The Kier molecular flexibility index (Phi) is 12.0. The van der Waals surface area contributed by atoms with Crippen molar-refractivity contribution < 1.29 is 14.0 Å². The number of methoxy groups -OCH3 is 1. The maximum Gasteiger partial charge on any atom is 0.193 e. The van der Waals surface area contributed by atoms with E-state index in [0.717, 1.165) is 76.1 Å². The average Bonchev–Trinajstić information content (AvgIpc) is 3.01. The first-order valence-electron chi connectivity index (χ1n) is 10.1. The lowest BCUT2D eigenvalue weighted by Crippen LogP contribution is -2.47. The number of likely N-dealkylation sites (tertiary alicyclic amines) is 1. The Hall–Kier alpha value is -0.870. The molecule has 1 aliphatic rings. The highest BCUT2D eigenvalue weighted by Gasteiger charge is 2.22. The SMILES string of the molecule is CCNC(=NCC(C)c1c(C)noc1C)N1CCC(OCCCOC)CC1.I. The Morgan fingerprint density at radius 1 is 1.32 bits per heavy atom. The Morgan fingerprint density at radius 2 is 2.04 bits per heavy atom. The van der Waals surface area contributed by atoms with E-state index in [2.05, 4.69) is 29.2 Å². The molecule has 2 rings (SSSR count). The van der Waals surface area contributed by atoms with Crippen LogP contribution in [0.3, 0.4) is 0 Å². The van der Waals surface area contributed by atoms with Crippen LogP contribution in [0.5, 0.6) is 0 Å². The van der Waals surface area contributed by atoms with Crippen LogP contribution in [0.15, 0.2) is 9.52 Å². The highest BCUT2D eigenvalue weighted by atomic mass is 127. The maximum absolute atomic E-state index is 5.96. The van der Waals surface area contributed by atoms with E-state index in [1.165, 1.54) is 5.56 Å². The number of hydrogen-bond donors (Lipinski definition) is 1. The lowest BCUT2D eigenvalue weighted by atomic mass is 10.00. The number of rotatable bonds is 9. The van der Waals surface area contributed by atoms with Gasteiger partial charge in [0.05, 0.1) is 11.8 Å². The molecule has 162 valence electrons. The van der Waals surface area contributed by atoms with Gasteiger partial charge in [0.25, 0.3) is 0 Å². The molecule has 8 heteroatoms. The summed E-state index contributed by atoms with van der Waals surface area (Å²) in [6.07, 6.45) is 3.39. The van der Waals surface area contributed by atoms with Crippen LogP contribution < -0.4 is 5.32 Å². The number of piperidine rings is 1. The lowest BCUT2D eigenvalue weighted by Gasteiger charge is -2.34. The highest BCUT2D eigenvalue weighted by Crippen LogP contribution is 2.23. The topological polar surface area (TPSA) is 72.1 Å². The summed E-state index contributed by atoms with van der Waals surface area (Å²) >= 11 is 0. The van der Waals surface area contributed by atoms with Crippen LogP contribution in [-0.2, 0) is 9.47 Å². The second-order valence-electron chi connectivity index (χ2n) is 7.24. The summed E-state index contributed by atoms with van der Waals surface area (Å²) in [5.74, 6) is 2.17. The Balaban J connectivity index is 0.00000392. The quantitative estimate of drug-likeness (QED) is 0.238. The predicted molar refractivity (Wildman–Crippen MR) is 123 cm³/mol. The van der Waals surface area contributed by atoms with Crippen molar-refractivity contribution >= 4 is 29.9 Å². The van der Waals surface area contributed by atoms with Crippen molar-refractivity contribution in [1.29, 1.82) is 0 Å². The Labute approximate surface area is 186 Å². The number of nitrogens with zero attached hydrogens (tertiary/aromatic N) is 3. The molecule has 1 unspecified atom stereocenters. The van der Waals surface area contributed by atoms with Crippen LogP contribution in [0, 0.1) is 13.8 Å². The zero-order chi connectivity index (χ0) is 19.6. The smallest absolute Gasteiger partial charge is 0.193 e. The minimum absolute atomic E-state index is 0. The normalized spacial score (nSPS) is 16.8. The number of aliphatic imine (C=N–C) groups is 1. The largest absolute Gasteiger partial charge is 0.385 e. The molecule has 0 aromatic carbocycles. The molecule has 0 aliphatic carbocycles. The van der Waals surface area contributed by atoms with Gasteiger partial charge < -0.3 is 24.2 Å². The number of hydrogen-bond acceptors (Lipinski definition) is 5. The fourth-order valence-electron chi connectivity index (χ4n) is 3.62. The highest BCUT2D eigenvalue weighted by molar-refractivity contribution is 14.0. The van der Waals surface area contributed by atoms with Gasteiger partial charge in [0.1, 0.15) is 5.76 Å². The monoisotopic (exact) mass is 508 g/mol. The molecule has 0 amide bonds. The summed E-state index contributed by atoms with van der Waals surface area (Å²) in [7, 11) is 1.73. The molecule has 0 spiro atoms. The summed E-state index contributed by atoms with van der Waals surface area (Å²) in [5, 5.41) is 7.50. The van der Waals surface area contributed by atoms with Gasteiger partial charge in [0.15, 0.2) is 5.96 Å². The van der Waals surface area contributed by atoms with Crippen molar-refractivity contribution in [3.63, 3.8) is 0 Å². The number of aryl methyl sites for hydroxylation is 2. The zero-order valence-electron chi connectivity index (χ0n) is 18.0. The van der Waals surface area contributed by atoms with E-state index < -0.39 is 0 Å². The summed E-state index contributed by atoms with van der Waals surface area (Å²) < 4.78 is 16.3. The third-order valence-electron chi connectivity index (χ3n) is 5.02. The van der Waals surface area contributed by atoms with Crippen molar-refractivity contribution in [3.8, 4) is 0 Å². The van der Waals surface area contributed by atoms with Gasteiger partial charge in [-0.3, -0.25) is 4.99 Å². The second-order valence-corrected chi connectivity index (χ2v) is 7.24. The molecule has 0 bridgehead atoms. The minimum atomic E-state index is 0. The fourth-order valence-corrected chi connectivity index (χ4v) is 3.62. The van der Waals surface area contributed by atoms with E-state index in [1.54, 1.807) is 7.11 Å². The minimum Gasteiger partial charge on any atom is -0.385 e. The molecular weight excluding hydrogens is 471 g/mol. The van der Waals surface area contributed by atoms with E-state index in [9.17, 15) is 0 Å². The fraction of sp³-hybridized carbons (Fsp3) is 0.800. The molecule has 2 heterocycles. The Bertz CT molecular complexity index is 567. The van der Waals surface area contributed by atoms with Gasteiger partial charge in [0.2, 0.25) is 0 Å². The zero-order valence-corrected chi connectivity index (χ0v) is 20.3. The number of ether oxygens (including phenoxy) is 2. The first-order chi connectivity index (χ1) is 13.1. The number of nitrogens with one attached hydrogen (secondary N) is 1. The maximum atomic E-state index is 5.96. The van der Waals surface area contributed by atoms with Crippen LogP contribution in [0.2, 0.25) is 0 Å². The van der Waals surface area contributed by atoms with Crippen molar-refractivity contribution in [1.82, 2.24) is 15.4 Å². The molecule has 7 nitrogen and oxygen atoms in total. The van der Waals surface area contributed by atoms with Crippen molar-refractivity contribution in [2.24, 2.45) is 4.99 Å². The molecule has 1 atom stereocenters. The molecule has 0 saturated carbocycles. The summed E-state index contributed by atoms with van der Waals surface area (Å²) in [6, 6.07) is 0. The first-order valence-corrected chi connectivity index (χ1v) is 10.1. The van der Waals surface area contributed by atoms with E-state index >= 15 is 0 Å². The summed E-state index contributed by atoms with van der Waals surface area (Å²) in [4.78, 5) is 7.24. The van der Waals surface area contributed by atoms with Gasteiger partial charge in [-0.05, 0) is 40.0 Å². The first kappa shape index (κ1) is 25.2. The molecule has 28 heavy (non-hydrogen) atoms. The van der Waals surface area contributed by atoms with Gasteiger partial charge in [0, 0.05) is 58.0 Å². The van der Waals surface area contributed by atoms with Crippen LogP contribution >= 0.6 is 24.0 Å². The lowest BCUT2D eigenvalue weighted by molar-refractivity contribution is 0.00990. The van der Waals surface area contributed by atoms with Crippen LogP contribution in [0.1, 0.15) is 56.0 Å². The summed E-state index contributed by atoms with van der Waals surface area (Å²) in [5.41, 5.74) is 2.14. The van der Waals surface area contributed by atoms with Crippen LogP contribution in [0.25, 0.3) is 0 Å². The number of aromatic nitrogens is 1.